The maximum Gasteiger partial charge on any atom is 0.270 e. The summed E-state index contributed by atoms with van der Waals surface area (Å²) in [5.41, 5.74) is 0.750. The third-order valence-corrected chi connectivity index (χ3v) is 4.21. The number of hydrogen-bond donors (Lipinski definition) is 1. The predicted molar refractivity (Wildman–Crippen MR) is 90.2 cm³/mol. The molecule has 2 aromatic rings. The van der Waals surface area contributed by atoms with Gasteiger partial charge in [0, 0.05) is 31.4 Å². The fourth-order valence-electron chi connectivity index (χ4n) is 2.91. The number of hydrogen-bond acceptors (Lipinski definition) is 4. The molecule has 1 aliphatic rings. The summed E-state index contributed by atoms with van der Waals surface area (Å²) in [7, 11) is 0. The van der Waals surface area contributed by atoms with Crippen LogP contribution in [0.5, 0.6) is 0 Å². The van der Waals surface area contributed by atoms with Crippen molar-refractivity contribution in [1.29, 1.82) is 0 Å². The molecule has 1 aliphatic heterocycles. The van der Waals surface area contributed by atoms with Gasteiger partial charge < -0.3 is 10.2 Å². The van der Waals surface area contributed by atoms with Gasteiger partial charge in [-0.3, -0.25) is 4.79 Å². The minimum absolute atomic E-state index is 0.131. The average Bonchev–Trinajstić information content (AvgIpc) is 2.61. The number of benzene rings is 1. The van der Waals surface area contributed by atoms with E-state index < -0.39 is 0 Å². The zero-order chi connectivity index (χ0) is 16.9. The molecule has 24 heavy (non-hydrogen) atoms. The summed E-state index contributed by atoms with van der Waals surface area (Å²) in [5.74, 6) is 0.524. The lowest BCUT2D eigenvalue weighted by Crippen LogP contribution is -2.36. The first-order chi connectivity index (χ1) is 11.6. The maximum absolute atomic E-state index is 13.6. The molecule has 1 saturated heterocycles. The molecule has 1 N–H and O–H groups in total. The summed E-state index contributed by atoms with van der Waals surface area (Å²) in [6.07, 6.45) is 3.91. The van der Waals surface area contributed by atoms with Gasteiger partial charge in [-0.25, -0.2) is 14.4 Å². The molecule has 1 fully saturated rings. The Balaban J connectivity index is 1.67. The Bertz CT molecular complexity index is 722. The van der Waals surface area contributed by atoms with Crippen LogP contribution in [0.2, 0.25) is 0 Å². The van der Waals surface area contributed by atoms with E-state index in [0.29, 0.717) is 23.1 Å². The molecule has 1 aromatic heterocycles. The van der Waals surface area contributed by atoms with Crippen LogP contribution in [0.4, 0.5) is 10.3 Å². The predicted octanol–water partition coefficient (Wildman–Crippen LogP) is 2.78. The van der Waals surface area contributed by atoms with E-state index in [9.17, 15) is 9.18 Å². The second-order valence-electron chi connectivity index (χ2n) is 6.21. The van der Waals surface area contributed by atoms with E-state index >= 15 is 0 Å². The Labute approximate surface area is 140 Å². The van der Waals surface area contributed by atoms with Crippen molar-refractivity contribution in [2.75, 3.05) is 18.0 Å². The molecule has 6 heteroatoms. The second-order valence-corrected chi connectivity index (χ2v) is 6.21. The molecule has 1 unspecified atom stereocenters. The van der Waals surface area contributed by atoms with Gasteiger partial charge in [-0.05, 0) is 30.9 Å². The third kappa shape index (κ3) is 3.88. The van der Waals surface area contributed by atoms with Gasteiger partial charge in [0.05, 0.1) is 0 Å². The fourth-order valence-corrected chi connectivity index (χ4v) is 2.91. The quantitative estimate of drug-likeness (QED) is 0.937. The van der Waals surface area contributed by atoms with Crippen molar-refractivity contribution < 1.29 is 9.18 Å². The number of carbonyl (C=O) groups excluding carboxylic acids is 1. The summed E-state index contributed by atoms with van der Waals surface area (Å²) in [4.78, 5) is 23.1. The summed E-state index contributed by atoms with van der Waals surface area (Å²) >= 11 is 0. The van der Waals surface area contributed by atoms with Crippen molar-refractivity contribution >= 4 is 11.9 Å². The first-order valence-electron chi connectivity index (χ1n) is 8.23. The topological polar surface area (TPSA) is 58.1 Å². The lowest BCUT2D eigenvalue weighted by Gasteiger charge is -2.30. The monoisotopic (exact) mass is 328 g/mol. The van der Waals surface area contributed by atoms with Crippen molar-refractivity contribution in [3.05, 3.63) is 53.6 Å². The van der Waals surface area contributed by atoms with Crippen molar-refractivity contribution in [3.8, 4) is 0 Å². The minimum Gasteiger partial charge on any atom is -0.347 e. The molecule has 3 rings (SSSR count). The molecule has 1 amide bonds. The first kappa shape index (κ1) is 16.4. The van der Waals surface area contributed by atoms with E-state index in [1.807, 2.05) is 0 Å². The van der Waals surface area contributed by atoms with Crippen LogP contribution < -0.4 is 10.2 Å². The van der Waals surface area contributed by atoms with Crippen LogP contribution in [0.25, 0.3) is 0 Å². The molecule has 1 atom stereocenters. The van der Waals surface area contributed by atoms with Crippen molar-refractivity contribution in [2.24, 2.45) is 5.92 Å². The largest absolute Gasteiger partial charge is 0.347 e. The van der Waals surface area contributed by atoms with Crippen LogP contribution >= 0.6 is 0 Å². The Morgan fingerprint density at radius 2 is 2.21 bits per heavy atom. The highest BCUT2D eigenvalue weighted by Crippen LogP contribution is 2.19. The standard InChI is InChI=1S/C18H21FN4O/c1-13-5-4-10-23(12-13)18-20-9-8-16(22-18)17(24)21-11-14-6-2-3-7-15(14)19/h2-3,6-9,13H,4-5,10-12H2,1H3,(H,21,24). The number of piperidine rings is 1. The van der Waals surface area contributed by atoms with Gasteiger partial charge in [0.1, 0.15) is 11.5 Å². The summed E-state index contributed by atoms with van der Waals surface area (Å²) < 4.78 is 13.6. The van der Waals surface area contributed by atoms with E-state index in [1.54, 1.807) is 30.5 Å². The van der Waals surface area contributed by atoms with E-state index in [4.69, 9.17) is 0 Å². The van der Waals surface area contributed by atoms with Gasteiger partial charge >= 0.3 is 0 Å². The van der Waals surface area contributed by atoms with Crippen LogP contribution in [0.15, 0.2) is 36.5 Å². The number of carbonyl (C=O) groups is 1. The maximum atomic E-state index is 13.6. The van der Waals surface area contributed by atoms with Gasteiger partial charge in [-0.15, -0.1) is 0 Å². The molecular weight excluding hydrogens is 307 g/mol. The summed E-state index contributed by atoms with van der Waals surface area (Å²) in [5, 5.41) is 2.71. The molecule has 0 aliphatic carbocycles. The molecule has 2 heterocycles. The molecular formula is C18H21FN4O. The lowest BCUT2D eigenvalue weighted by atomic mass is 10.0. The highest BCUT2D eigenvalue weighted by molar-refractivity contribution is 5.92. The molecule has 126 valence electrons. The highest BCUT2D eigenvalue weighted by Gasteiger charge is 2.19. The second kappa shape index (κ2) is 7.38. The third-order valence-electron chi connectivity index (χ3n) is 4.21. The van der Waals surface area contributed by atoms with Crippen LogP contribution in [0, 0.1) is 11.7 Å². The highest BCUT2D eigenvalue weighted by atomic mass is 19.1. The zero-order valence-corrected chi connectivity index (χ0v) is 13.7. The lowest BCUT2D eigenvalue weighted by molar-refractivity contribution is 0.0945. The smallest absolute Gasteiger partial charge is 0.270 e. The number of amides is 1. The number of anilines is 1. The molecule has 0 radical (unpaired) electrons. The van der Waals surface area contributed by atoms with Crippen molar-refractivity contribution in [2.45, 2.75) is 26.3 Å². The van der Waals surface area contributed by atoms with E-state index in [1.165, 1.54) is 12.5 Å². The van der Waals surface area contributed by atoms with Gasteiger partial charge in [0.15, 0.2) is 0 Å². The van der Waals surface area contributed by atoms with Crippen LogP contribution in [-0.2, 0) is 6.54 Å². The van der Waals surface area contributed by atoms with Gasteiger partial charge in [0.25, 0.3) is 5.91 Å². The minimum atomic E-state index is -0.330. The average molecular weight is 328 g/mol. The Morgan fingerprint density at radius 1 is 1.38 bits per heavy atom. The van der Waals surface area contributed by atoms with Crippen molar-refractivity contribution in [1.82, 2.24) is 15.3 Å². The van der Waals surface area contributed by atoms with E-state index in [-0.39, 0.29) is 18.3 Å². The number of rotatable bonds is 4. The first-order valence-corrected chi connectivity index (χ1v) is 8.23. The van der Waals surface area contributed by atoms with Crippen LogP contribution in [0.1, 0.15) is 35.8 Å². The fraction of sp³-hybridized carbons (Fsp3) is 0.389. The SMILES string of the molecule is CC1CCCN(c2nccc(C(=O)NCc3ccccc3F)n2)C1. The number of aromatic nitrogens is 2. The molecule has 1 aromatic carbocycles. The van der Waals surface area contributed by atoms with E-state index in [2.05, 4.69) is 27.1 Å². The Hall–Kier alpha value is -2.50. The number of nitrogens with zero attached hydrogens (tertiary/aromatic N) is 3. The zero-order valence-electron chi connectivity index (χ0n) is 13.7. The summed E-state index contributed by atoms with van der Waals surface area (Å²) in [6, 6.07) is 7.97. The molecule has 0 saturated carbocycles. The summed E-state index contributed by atoms with van der Waals surface area (Å²) in [6.45, 7) is 4.15. The van der Waals surface area contributed by atoms with Gasteiger partial charge in [-0.1, -0.05) is 25.1 Å². The molecule has 0 bridgehead atoms. The van der Waals surface area contributed by atoms with E-state index in [0.717, 1.165) is 19.5 Å². The van der Waals surface area contributed by atoms with Gasteiger partial charge in [0.2, 0.25) is 5.95 Å². The van der Waals surface area contributed by atoms with Crippen molar-refractivity contribution in [3.63, 3.8) is 0 Å². The van der Waals surface area contributed by atoms with Crippen LogP contribution in [-0.4, -0.2) is 29.0 Å². The van der Waals surface area contributed by atoms with Crippen LogP contribution in [0.3, 0.4) is 0 Å². The normalized spacial score (nSPS) is 17.6. The molecule has 5 nitrogen and oxygen atoms in total. The molecule has 0 spiro atoms. The number of halogens is 1. The number of nitrogens with one attached hydrogen (secondary N) is 1. The Morgan fingerprint density at radius 3 is 3.00 bits per heavy atom. The Kier molecular flexibility index (Phi) is 5.03. The van der Waals surface area contributed by atoms with Gasteiger partial charge in [-0.2, -0.15) is 0 Å².